The van der Waals surface area contributed by atoms with E-state index >= 15 is 4.79 Å². The van der Waals surface area contributed by atoms with Crippen LogP contribution in [0.15, 0.2) is 36.0 Å². The van der Waals surface area contributed by atoms with Gasteiger partial charge in [0.2, 0.25) is 5.91 Å². The summed E-state index contributed by atoms with van der Waals surface area (Å²) in [5.74, 6) is -1.94. The number of fused-ring (bicyclic) bond motifs is 5. The maximum Gasteiger partial charge on any atom is 0.338 e. The fourth-order valence-electron chi connectivity index (χ4n) is 10.9. The maximum atomic E-state index is 15.1. The zero-order valence-corrected chi connectivity index (χ0v) is 50.1. The molecule has 20 heteroatoms. The number of hydrogen-bond acceptors (Lipinski definition) is 15. The monoisotopic (exact) mass is 1090 g/mol. The van der Waals surface area contributed by atoms with E-state index in [0.29, 0.717) is 37.4 Å². The van der Waals surface area contributed by atoms with Gasteiger partial charge in [-0.2, -0.15) is 0 Å². The van der Waals surface area contributed by atoms with Crippen molar-refractivity contribution in [2.75, 3.05) is 51.5 Å². The molecule has 73 heavy (non-hydrogen) atoms. The third-order valence-corrected chi connectivity index (χ3v) is 28.3. The van der Waals surface area contributed by atoms with E-state index in [0.717, 1.165) is 32.1 Å². The molecule has 0 aliphatic heterocycles. The number of hydrogen-bond donors (Lipinski definition) is 4. The fraction of sp³-hybridized carbons (Fsp3) is 0.755. The molecular weight excluding hydrogens is 1010 g/mol. The van der Waals surface area contributed by atoms with Crippen molar-refractivity contribution >= 4 is 79.6 Å². The molecule has 4 aliphatic rings. The zero-order valence-electron chi connectivity index (χ0n) is 46.5. The normalized spacial score (nSPS) is 27.7. The molecule has 3 fully saturated rings. The van der Waals surface area contributed by atoms with Gasteiger partial charge in [0, 0.05) is 72.1 Å². The standard InChI is InChI=1S/C53H87N3O13S2Si2/c1-34-29-36-37-20-23-53(69-73(15,16)49(5,6)7,52(37,11)31-39(68-72(13,14)48(2,3)4)44(36)51(10)22-19-35(58)30-38(34)51)47(64)66-32-41(60)55-26-28-71-70-27-25-54-40(59)21-24-56-46(63)45(50(8,9)33-57)67-43(62)18-17-42(61)65-12/h17-19,22,30,34,36-37,39,44-45,57H,20-21,23-29,31-33H2,1-16H3,(H,54,59)(H,55,60)(H,56,63)/b18-17+/t34-,36-,37-,39-,44+,45-,51-,52-,53-/m0/s1. The molecule has 0 aromatic heterocycles. The van der Waals surface area contributed by atoms with Crippen molar-refractivity contribution in [3.05, 3.63) is 36.0 Å². The summed E-state index contributed by atoms with van der Waals surface area (Å²) in [4.78, 5) is 90.2. The highest BCUT2D eigenvalue weighted by atomic mass is 33.1. The van der Waals surface area contributed by atoms with Crippen LogP contribution in [-0.2, 0) is 56.6 Å². The number of carbonyl (C=O) groups excluding carboxylic acids is 7. The summed E-state index contributed by atoms with van der Waals surface area (Å²) in [5, 5.41) is 17.8. The van der Waals surface area contributed by atoms with Gasteiger partial charge in [0.1, 0.15) is 0 Å². The van der Waals surface area contributed by atoms with Crippen LogP contribution >= 0.6 is 21.6 Å². The summed E-state index contributed by atoms with van der Waals surface area (Å²) in [6, 6.07) is 0. The molecule has 4 aliphatic carbocycles. The fourth-order valence-corrected chi connectivity index (χ4v) is 15.6. The summed E-state index contributed by atoms with van der Waals surface area (Å²) in [5.41, 5.74) is -2.35. The number of aliphatic hydroxyl groups excluding tert-OH is 1. The third kappa shape index (κ3) is 14.4. The van der Waals surface area contributed by atoms with Gasteiger partial charge in [0.25, 0.3) is 11.8 Å². The van der Waals surface area contributed by atoms with Crippen molar-refractivity contribution in [3.8, 4) is 0 Å². The molecule has 0 spiro atoms. The number of ketones is 1. The highest BCUT2D eigenvalue weighted by Crippen LogP contribution is 2.70. The Morgan fingerprint density at radius 2 is 1.45 bits per heavy atom. The van der Waals surface area contributed by atoms with Crippen LogP contribution in [0, 0.1) is 39.9 Å². The Bertz CT molecular complexity index is 2150. The maximum absolute atomic E-state index is 15.1. The van der Waals surface area contributed by atoms with E-state index in [1.165, 1.54) is 41.0 Å². The summed E-state index contributed by atoms with van der Waals surface area (Å²) in [6.45, 7) is 31.7. The van der Waals surface area contributed by atoms with Crippen LogP contribution in [-0.4, -0.2) is 132 Å². The number of esters is 3. The Balaban J connectivity index is 1.34. The minimum Gasteiger partial charge on any atom is -0.466 e. The first-order chi connectivity index (χ1) is 33.6. The largest absolute Gasteiger partial charge is 0.466 e. The smallest absolute Gasteiger partial charge is 0.338 e. The topological polar surface area (TPSA) is 222 Å². The molecule has 0 aromatic rings. The van der Waals surface area contributed by atoms with Crippen LogP contribution in [0.25, 0.3) is 0 Å². The molecule has 16 nitrogen and oxygen atoms in total. The first-order valence-electron chi connectivity index (χ1n) is 25.8. The Kier molecular flexibility index (Phi) is 20.8. The number of allylic oxidation sites excluding steroid dienone is 4. The van der Waals surface area contributed by atoms with Gasteiger partial charge in [-0.25, -0.2) is 14.4 Å². The van der Waals surface area contributed by atoms with Crippen LogP contribution in [0.5, 0.6) is 0 Å². The highest BCUT2D eigenvalue weighted by Gasteiger charge is 2.72. The number of ether oxygens (including phenoxy) is 3. The van der Waals surface area contributed by atoms with E-state index < -0.39 is 82.1 Å². The van der Waals surface area contributed by atoms with Crippen LogP contribution in [0.1, 0.15) is 108 Å². The average molecular weight is 1090 g/mol. The van der Waals surface area contributed by atoms with Crippen LogP contribution in [0.3, 0.4) is 0 Å². The first-order valence-corrected chi connectivity index (χ1v) is 34.1. The van der Waals surface area contributed by atoms with E-state index in [1.807, 2.05) is 6.08 Å². The van der Waals surface area contributed by atoms with Crippen molar-refractivity contribution in [3.63, 3.8) is 0 Å². The molecular formula is C53H87N3O13S2Si2. The Hall–Kier alpha value is -3.28. The van der Waals surface area contributed by atoms with E-state index in [-0.39, 0.29) is 69.9 Å². The molecule has 4 rings (SSSR count). The van der Waals surface area contributed by atoms with Gasteiger partial charge in [-0.15, -0.1) is 0 Å². The van der Waals surface area contributed by atoms with Crippen molar-refractivity contribution in [2.24, 2.45) is 39.9 Å². The van der Waals surface area contributed by atoms with Crippen molar-refractivity contribution < 1.29 is 61.7 Å². The highest BCUT2D eigenvalue weighted by molar-refractivity contribution is 8.76. The Morgan fingerprint density at radius 3 is 2.03 bits per heavy atom. The second-order valence-electron chi connectivity index (χ2n) is 24.6. The molecule has 4 N–H and O–H groups in total. The van der Waals surface area contributed by atoms with E-state index in [2.05, 4.69) is 115 Å². The number of methoxy groups -OCH3 is 1. The van der Waals surface area contributed by atoms with Crippen molar-refractivity contribution in [2.45, 2.75) is 162 Å². The SMILES string of the molecule is COC(=O)/C=C/C(=O)O[C@@H](C(=O)NCCC(=O)NCCSSCCNC(=O)COC(=O)[C@@]1(O[Si](C)(C)C(C)(C)C)CC[C@H]2[C@@H]3C[C@H](C)C4=CC(=O)C=C[C@]4(C)[C@H]3[C@@H](O[Si](C)(C)C(C)(C)C)C[C@@]21C)C(C)(C)CO. The number of aliphatic hydroxyl groups is 1. The molecule has 0 radical (unpaired) electrons. The number of rotatable bonds is 23. The number of nitrogens with one attached hydrogen (secondary N) is 3. The van der Waals surface area contributed by atoms with Crippen LogP contribution < -0.4 is 16.0 Å². The zero-order chi connectivity index (χ0) is 55.2. The molecule has 0 bridgehead atoms. The summed E-state index contributed by atoms with van der Waals surface area (Å²) in [6.07, 6.45) is 8.46. The van der Waals surface area contributed by atoms with Gasteiger partial charge < -0.3 is 44.1 Å². The Labute approximate surface area is 444 Å². The minimum atomic E-state index is -2.64. The van der Waals surface area contributed by atoms with E-state index in [4.69, 9.17) is 18.3 Å². The lowest BCUT2D eigenvalue weighted by molar-refractivity contribution is -0.193. The van der Waals surface area contributed by atoms with Crippen molar-refractivity contribution in [1.29, 1.82) is 0 Å². The van der Waals surface area contributed by atoms with Gasteiger partial charge in [0.05, 0.1) is 13.7 Å². The number of carbonyl (C=O) groups is 7. The molecule has 0 heterocycles. The molecule has 0 saturated heterocycles. The molecule has 3 saturated carbocycles. The summed E-state index contributed by atoms with van der Waals surface area (Å²) < 4.78 is 30.8. The van der Waals surface area contributed by atoms with Crippen LogP contribution in [0.4, 0.5) is 0 Å². The van der Waals surface area contributed by atoms with Gasteiger partial charge >= 0.3 is 17.9 Å². The minimum absolute atomic E-state index is 0.0289. The van der Waals surface area contributed by atoms with Gasteiger partial charge in [-0.1, -0.05) is 109 Å². The average Bonchev–Trinajstić information content (AvgIpc) is 3.57. The lowest BCUT2D eigenvalue weighted by atomic mass is 9.45. The van der Waals surface area contributed by atoms with E-state index in [9.17, 15) is 33.9 Å². The van der Waals surface area contributed by atoms with Crippen molar-refractivity contribution in [1.82, 2.24) is 16.0 Å². The van der Waals surface area contributed by atoms with Crippen LogP contribution in [0.2, 0.25) is 36.3 Å². The second kappa shape index (κ2) is 24.4. The van der Waals surface area contributed by atoms with Gasteiger partial charge in [-0.05, 0) is 97.8 Å². The quantitative estimate of drug-likeness (QED) is 0.0193. The number of amides is 3. The predicted molar refractivity (Wildman–Crippen MR) is 291 cm³/mol. The summed E-state index contributed by atoms with van der Waals surface area (Å²) in [7, 11) is -0.829. The second-order valence-corrected chi connectivity index (χ2v) is 36.8. The van der Waals surface area contributed by atoms with Gasteiger partial charge in [0.15, 0.2) is 40.7 Å². The molecule has 9 atom stereocenters. The first kappa shape index (κ1) is 62.3. The lowest BCUT2D eigenvalue weighted by Gasteiger charge is -2.63. The molecule has 3 amide bonds. The van der Waals surface area contributed by atoms with Gasteiger partial charge in [-0.3, -0.25) is 19.2 Å². The van der Waals surface area contributed by atoms with E-state index in [1.54, 1.807) is 6.08 Å². The Morgan fingerprint density at radius 1 is 0.863 bits per heavy atom. The third-order valence-electron chi connectivity index (χ3n) is 17.0. The molecule has 412 valence electrons. The molecule has 0 aromatic carbocycles. The molecule has 0 unspecified atom stereocenters. The predicted octanol–water partition coefficient (Wildman–Crippen LogP) is 7.62. The summed E-state index contributed by atoms with van der Waals surface area (Å²) >= 11 is 0. The lowest BCUT2D eigenvalue weighted by Crippen LogP contribution is -2.67.